The average Bonchev–Trinajstić information content (AvgIpc) is 2.28. The predicted molar refractivity (Wildman–Crippen MR) is 80.3 cm³/mol. The Kier molecular flexibility index (Phi) is 5.55. The van der Waals surface area contributed by atoms with Gasteiger partial charge in [0.25, 0.3) is 5.91 Å². The molecule has 104 valence electrons. The first kappa shape index (κ1) is 16.2. The van der Waals surface area contributed by atoms with E-state index in [1.807, 2.05) is 6.92 Å². The lowest BCUT2D eigenvalue weighted by atomic mass is 9.96. The second kappa shape index (κ2) is 6.52. The van der Waals surface area contributed by atoms with Gasteiger partial charge in [-0.15, -0.1) is 0 Å². The zero-order valence-electron chi connectivity index (χ0n) is 10.7. The van der Waals surface area contributed by atoms with Crippen LogP contribution in [0.5, 0.6) is 0 Å². The molecule has 0 fully saturated rings. The lowest BCUT2D eigenvalue weighted by Gasteiger charge is -2.26. The summed E-state index contributed by atoms with van der Waals surface area (Å²) in [5.74, 6) is -1.44. The second-order valence-corrected chi connectivity index (χ2v) is 6.24. The molecule has 0 aliphatic carbocycles. The van der Waals surface area contributed by atoms with Gasteiger partial charge in [-0.3, -0.25) is 4.79 Å². The molecule has 6 heteroatoms. The Morgan fingerprint density at radius 2 is 2.00 bits per heavy atom. The van der Waals surface area contributed by atoms with Gasteiger partial charge in [0.05, 0.1) is 5.56 Å². The smallest absolute Gasteiger partial charge is 0.329 e. The molecule has 19 heavy (non-hydrogen) atoms. The van der Waals surface area contributed by atoms with Gasteiger partial charge < -0.3 is 10.4 Å². The highest BCUT2D eigenvalue weighted by atomic mass is 79.9. The molecule has 2 N–H and O–H groups in total. The lowest BCUT2D eigenvalue weighted by molar-refractivity contribution is -0.144. The molecule has 0 spiro atoms. The molecular formula is C13H15Br2NO3. The fraction of sp³-hybridized carbons (Fsp3) is 0.385. The van der Waals surface area contributed by atoms with Crippen LogP contribution in [0.1, 0.15) is 37.0 Å². The summed E-state index contributed by atoms with van der Waals surface area (Å²) in [4.78, 5) is 23.4. The molecule has 1 aromatic carbocycles. The number of carboxylic acid groups (broad SMARTS) is 1. The van der Waals surface area contributed by atoms with Gasteiger partial charge in [0.2, 0.25) is 0 Å². The normalized spacial score (nSPS) is 13.7. The summed E-state index contributed by atoms with van der Waals surface area (Å²) in [6.45, 7) is 3.40. The monoisotopic (exact) mass is 391 g/mol. The quantitative estimate of drug-likeness (QED) is 0.804. The van der Waals surface area contributed by atoms with E-state index in [0.717, 1.165) is 4.47 Å². The average molecular weight is 393 g/mol. The number of carbonyl (C=O) groups is 2. The first-order valence-corrected chi connectivity index (χ1v) is 7.39. The molecule has 0 radical (unpaired) electrons. The third-order valence-corrected chi connectivity index (χ3v) is 3.94. The van der Waals surface area contributed by atoms with E-state index in [-0.39, 0.29) is 0 Å². The highest BCUT2D eigenvalue weighted by molar-refractivity contribution is 9.11. The van der Waals surface area contributed by atoms with Crippen LogP contribution in [0.2, 0.25) is 0 Å². The van der Waals surface area contributed by atoms with Crippen LogP contribution in [0.15, 0.2) is 27.1 Å². The molecule has 1 rings (SSSR count). The van der Waals surface area contributed by atoms with Gasteiger partial charge in [0.15, 0.2) is 0 Å². The molecule has 4 nitrogen and oxygen atoms in total. The van der Waals surface area contributed by atoms with Crippen molar-refractivity contribution in [2.75, 3.05) is 0 Å². The first-order valence-electron chi connectivity index (χ1n) is 5.81. The minimum atomic E-state index is -1.25. The number of benzene rings is 1. The Morgan fingerprint density at radius 1 is 1.37 bits per heavy atom. The minimum Gasteiger partial charge on any atom is -0.480 e. The molecule has 0 aromatic heterocycles. The van der Waals surface area contributed by atoms with Crippen LogP contribution in [0.3, 0.4) is 0 Å². The zero-order chi connectivity index (χ0) is 14.6. The Labute approximate surface area is 128 Å². The Balaban J connectivity index is 2.97. The van der Waals surface area contributed by atoms with Crippen LogP contribution in [-0.2, 0) is 4.79 Å². The van der Waals surface area contributed by atoms with E-state index in [2.05, 4.69) is 37.2 Å². The maximum Gasteiger partial charge on any atom is 0.329 e. The number of hydrogen-bond acceptors (Lipinski definition) is 2. The zero-order valence-corrected chi connectivity index (χ0v) is 13.8. The van der Waals surface area contributed by atoms with Crippen molar-refractivity contribution in [1.29, 1.82) is 0 Å². The maximum absolute atomic E-state index is 12.2. The largest absolute Gasteiger partial charge is 0.480 e. The van der Waals surface area contributed by atoms with Crippen molar-refractivity contribution >= 4 is 43.7 Å². The molecule has 0 saturated carbocycles. The van der Waals surface area contributed by atoms with E-state index >= 15 is 0 Å². The molecule has 0 bridgehead atoms. The molecule has 1 atom stereocenters. The van der Waals surface area contributed by atoms with Crippen LogP contribution in [0.4, 0.5) is 0 Å². The van der Waals surface area contributed by atoms with Gasteiger partial charge in [-0.1, -0.05) is 29.3 Å². The summed E-state index contributed by atoms with van der Waals surface area (Å²) in [5, 5.41) is 11.8. The Hall–Kier alpha value is -0.880. The fourth-order valence-electron chi connectivity index (χ4n) is 1.71. The first-order chi connectivity index (χ1) is 8.80. The number of amides is 1. The van der Waals surface area contributed by atoms with E-state index in [1.54, 1.807) is 18.2 Å². The molecular weight excluding hydrogens is 378 g/mol. The number of carboxylic acids is 1. The summed E-state index contributed by atoms with van der Waals surface area (Å²) in [6, 6.07) is 5.11. The SMILES string of the molecule is CCCC(C)(NC(=O)c1ccc(Br)cc1Br)C(=O)O. The summed E-state index contributed by atoms with van der Waals surface area (Å²) >= 11 is 6.59. The highest BCUT2D eigenvalue weighted by Gasteiger charge is 2.34. The fourth-order valence-corrected chi connectivity index (χ4v) is 2.94. The molecule has 1 amide bonds. The van der Waals surface area contributed by atoms with Crippen LogP contribution >= 0.6 is 31.9 Å². The van der Waals surface area contributed by atoms with Crippen LogP contribution < -0.4 is 5.32 Å². The van der Waals surface area contributed by atoms with Crippen LogP contribution in [-0.4, -0.2) is 22.5 Å². The van der Waals surface area contributed by atoms with E-state index in [1.165, 1.54) is 6.92 Å². The van der Waals surface area contributed by atoms with Crippen molar-refractivity contribution in [2.24, 2.45) is 0 Å². The van der Waals surface area contributed by atoms with Gasteiger partial charge in [-0.25, -0.2) is 4.79 Å². The topological polar surface area (TPSA) is 66.4 Å². The van der Waals surface area contributed by atoms with Crippen LogP contribution in [0.25, 0.3) is 0 Å². The van der Waals surface area contributed by atoms with Crippen molar-refractivity contribution < 1.29 is 14.7 Å². The van der Waals surface area contributed by atoms with E-state index in [9.17, 15) is 14.7 Å². The van der Waals surface area contributed by atoms with E-state index < -0.39 is 17.4 Å². The van der Waals surface area contributed by atoms with Gasteiger partial charge in [-0.05, 0) is 47.5 Å². The molecule has 0 heterocycles. The van der Waals surface area contributed by atoms with Gasteiger partial charge >= 0.3 is 5.97 Å². The van der Waals surface area contributed by atoms with Gasteiger partial charge in [-0.2, -0.15) is 0 Å². The van der Waals surface area contributed by atoms with Crippen molar-refractivity contribution in [1.82, 2.24) is 5.32 Å². The van der Waals surface area contributed by atoms with Crippen molar-refractivity contribution in [2.45, 2.75) is 32.2 Å². The Morgan fingerprint density at radius 3 is 2.47 bits per heavy atom. The molecule has 0 aliphatic rings. The number of aliphatic carboxylic acids is 1. The summed E-state index contributed by atoms with van der Waals surface area (Å²) in [6.07, 6.45) is 1.05. The van der Waals surface area contributed by atoms with Gasteiger partial charge in [0.1, 0.15) is 5.54 Å². The van der Waals surface area contributed by atoms with E-state index in [0.29, 0.717) is 22.9 Å². The van der Waals surface area contributed by atoms with E-state index in [4.69, 9.17) is 0 Å². The number of nitrogens with one attached hydrogen (secondary N) is 1. The minimum absolute atomic E-state index is 0.377. The second-order valence-electron chi connectivity index (χ2n) is 4.47. The summed E-state index contributed by atoms with van der Waals surface area (Å²) in [7, 11) is 0. The lowest BCUT2D eigenvalue weighted by Crippen LogP contribution is -2.52. The number of carbonyl (C=O) groups excluding carboxylic acids is 1. The highest BCUT2D eigenvalue weighted by Crippen LogP contribution is 2.23. The maximum atomic E-state index is 12.2. The number of halogens is 2. The summed E-state index contributed by atoms with van der Waals surface area (Å²) < 4.78 is 1.45. The molecule has 1 aromatic rings. The molecule has 0 saturated heterocycles. The number of rotatable bonds is 5. The van der Waals surface area contributed by atoms with Crippen molar-refractivity contribution in [3.63, 3.8) is 0 Å². The van der Waals surface area contributed by atoms with Gasteiger partial charge in [0, 0.05) is 8.95 Å². The predicted octanol–water partition coefficient (Wildman–Crippen LogP) is 3.58. The number of hydrogen-bond donors (Lipinski definition) is 2. The van der Waals surface area contributed by atoms with Crippen molar-refractivity contribution in [3.8, 4) is 0 Å². The molecule has 1 unspecified atom stereocenters. The van der Waals surface area contributed by atoms with Crippen molar-refractivity contribution in [3.05, 3.63) is 32.7 Å². The third kappa shape index (κ3) is 4.04. The van der Waals surface area contributed by atoms with Crippen LogP contribution in [0, 0.1) is 0 Å². The third-order valence-electron chi connectivity index (χ3n) is 2.79. The molecule has 0 aliphatic heterocycles. The summed E-state index contributed by atoms with van der Waals surface area (Å²) in [5.41, 5.74) is -0.843. The standard InChI is InChI=1S/C13H15Br2NO3/c1-3-6-13(2,12(18)19)16-11(17)9-5-4-8(14)7-10(9)15/h4-5,7H,3,6H2,1-2H3,(H,16,17)(H,18,19). The Bertz CT molecular complexity index is 505.